The second kappa shape index (κ2) is 4.72. The van der Waals surface area contributed by atoms with Crippen LogP contribution in [0.25, 0.3) is 0 Å². The highest BCUT2D eigenvalue weighted by atomic mass is 19.1. The van der Waals surface area contributed by atoms with Crippen LogP contribution in [0.5, 0.6) is 0 Å². The molecule has 0 amide bonds. The van der Waals surface area contributed by atoms with Crippen LogP contribution in [0.1, 0.15) is 19.1 Å². The third-order valence-corrected chi connectivity index (χ3v) is 4.14. The third kappa shape index (κ3) is 2.03. The maximum absolute atomic E-state index is 14.3. The minimum atomic E-state index is -1.99. The van der Waals surface area contributed by atoms with Crippen molar-refractivity contribution in [2.75, 3.05) is 12.3 Å². The van der Waals surface area contributed by atoms with Crippen molar-refractivity contribution in [2.45, 2.75) is 36.9 Å². The summed E-state index contributed by atoms with van der Waals surface area (Å²) in [7, 11) is 0. The van der Waals surface area contributed by atoms with Gasteiger partial charge in [-0.2, -0.15) is 4.98 Å². The first-order chi connectivity index (χ1) is 9.90. The Morgan fingerprint density at radius 3 is 2.81 bits per heavy atom. The van der Waals surface area contributed by atoms with Gasteiger partial charge in [-0.1, -0.05) is 0 Å². The van der Waals surface area contributed by atoms with E-state index in [0.717, 1.165) is 0 Å². The van der Waals surface area contributed by atoms with E-state index in [0.29, 0.717) is 23.6 Å². The highest BCUT2D eigenvalue weighted by Gasteiger charge is 2.62. The average molecular weight is 303 g/mol. The van der Waals surface area contributed by atoms with Gasteiger partial charge >= 0.3 is 5.69 Å². The van der Waals surface area contributed by atoms with Gasteiger partial charge in [0.25, 0.3) is 0 Å². The standard InChI is InChI=1S/C12H15F2N3O4/c13-6-3-17(11(20)16-9(6)15)10-7(14)8(19)12(4-18,21-10)5-1-2-5/h3,5,7-8,10,18-19H,1-2,4H2,(H2,15,16,20)/t7-,8-,10+,12-/m0/s1. The second-order valence-corrected chi connectivity index (χ2v) is 5.45. The SMILES string of the molecule is Nc1nc(=O)n([C@@H]2O[C@@](CO)(C3CC3)[C@@H](O)[C@@H]2F)cc1F. The summed E-state index contributed by atoms with van der Waals surface area (Å²) in [6.45, 7) is -0.588. The van der Waals surface area contributed by atoms with Crippen LogP contribution < -0.4 is 11.4 Å². The molecule has 1 saturated carbocycles. The van der Waals surface area contributed by atoms with Crippen LogP contribution in [-0.2, 0) is 4.74 Å². The first-order valence-electron chi connectivity index (χ1n) is 6.55. The van der Waals surface area contributed by atoms with Crippen LogP contribution >= 0.6 is 0 Å². The molecule has 4 atom stereocenters. The van der Waals surface area contributed by atoms with E-state index >= 15 is 0 Å². The Bertz CT molecular complexity index is 621. The molecule has 1 aliphatic heterocycles. The normalized spacial score (nSPS) is 36.1. The van der Waals surface area contributed by atoms with Gasteiger partial charge in [-0.05, 0) is 18.8 Å². The van der Waals surface area contributed by atoms with Crippen molar-refractivity contribution >= 4 is 5.82 Å². The molecule has 2 heterocycles. The number of anilines is 1. The van der Waals surface area contributed by atoms with Crippen LogP contribution in [0.2, 0.25) is 0 Å². The van der Waals surface area contributed by atoms with Gasteiger partial charge in [-0.15, -0.1) is 0 Å². The zero-order chi connectivity index (χ0) is 15.4. The van der Waals surface area contributed by atoms with Crippen molar-refractivity contribution in [1.82, 2.24) is 9.55 Å². The minimum Gasteiger partial charge on any atom is -0.393 e. The molecule has 0 unspecified atom stereocenters. The van der Waals surface area contributed by atoms with Gasteiger partial charge in [0.15, 0.2) is 24.0 Å². The number of nitrogens with two attached hydrogens (primary N) is 1. The Hall–Kier alpha value is -1.58. The fourth-order valence-corrected chi connectivity index (χ4v) is 2.80. The Morgan fingerprint density at radius 2 is 2.24 bits per heavy atom. The molecule has 0 spiro atoms. The van der Waals surface area contributed by atoms with Crippen molar-refractivity contribution in [2.24, 2.45) is 5.92 Å². The lowest BCUT2D eigenvalue weighted by molar-refractivity contribution is -0.141. The Balaban J connectivity index is 2.00. The summed E-state index contributed by atoms with van der Waals surface area (Å²) < 4.78 is 33.8. The maximum atomic E-state index is 14.3. The lowest BCUT2D eigenvalue weighted by Crippen LogP contribution is -2.47. The van der Waals surface area contributed by atoms with E-state index in [-0.39, 0.29) is 5.92 Å². The summed E-state index contributed by atoms with van der Waals surface area (Å²) in [5.41, 5.74) is 2.71. The third-order valence-electron chi connectivity index (χ3n) is 4.14. The topological polar surface area (TPSA) is 111 Å². The van der Waals surface area contributed by atoms with E-state index in [9.17, 15) is 23.8 Å². The molecule has 9 heteroatoms. The van der Waals surface area contributed by atoms with Crippen molar-refractivity contribution in [3.8, 4) is 0 Å². The largest absolute Gasteiger partial charge is 0.393 e. The maximum Gasteiger partial charge on any atom is 0.351 e. The molecule has 1 aliphatic carbocycles. The van der Waals surface area contributed by atoms with E-state index in [4.69, 9.17) is 10.5 Å². The van der Waals surface area contributed by atoms with Gasteiger partial charge in [0.05, 0.1) is 12.8 Å². The number of alkyl halides is 1. The number of aromatic nitrogens is 2. The number of hydrogen-bond donors (Lipinski definition) is 3. The molecule has 1 aromatic rings. The fourth-order valence-electron chi connectivity index (χ4n) is 2.80. The summed E-state index contributed by atoms with van der Waals surface area (Å²) in [5.74, 6) is -1.78. The molecule has 2 aliphatic rings. The molecule has 21 heavy (non-hydrogen) atoms. The smallest absolute Gasteiger partial charge is 0.351 e. The number of nitrogen functional groups attached to an aromatic ring is 1. The Morgan fingerprint density at radius 1 is 1.57 bits per heavy atom. The van der Waals surface area contributed by atoms with Crippen molar-refractivity contribution in [3.05, 3.63) is 22.5 Å². The summed E-state index contributed by atoms with van der Waals surface area (Å²) in [4.78, 5) is 15.0. The number of hydrogen-bond acceptors (Lipinski definition) is 6. The molecule has 7 nitrogen and oxygen atoms in total. The van der Waals surface area contributed by atoms with Crippen molar-refractivity contribution in [3.63, 3.8) is 0 Å². The molecule has 2 fully saturated rings. The van der Waals surface area contributed by atoms with Crippen LogP contribution in [0, 0.1) is 11.7 Å². The Labute approximate surface area is 118 Å². The highest BCUT2D eigenvalue weighted by molar-refractivity contribution is 5.26. The van der Waals surface area contributed by atoms with Crippen molar-refractivity contribution in [1.29, 1.82) is 0 Å². The number of aliphatic hydroxyl groups excluding tert-OH is 2. The molecule has 0 aromatic carbocycles. The molecule has 0 bridgehead atoms. The Kier molecular flexibility index (Phi) is 3.23. The highest BCUT2D eigenvalue weighted by Crippen LogP contribution is 2.51. The molecule has 0 radical (unpaired) electrons. The van der Waals surface area contributed by atoms with Crippen LogP contribution in [0.15, 0.2) is 11.0 Å². The van der Waals surface area contributed by atoms with Gasteiger partial charge in [0.1, 0.15) is 11.7 Å². The summed E-state index contributed by atoms with van der Waals surface area (Å²) in [6, 6.07) is 0. The quantitative estimate of drug-likeness (QED) is 0.683. The molecular formula is C12H15F2N3O4. The molecular weight excluding hydrogens is 288 g/mol. The fraction of sp³-hybridized carbons (Fsp3) is 0.667. The van der Waals surface area contributed by atoms with Gasteiger partial charge in [-0.3, -0.25) is 4.57 Å². The second-order valence-electron chi connectivity index (χ2n) is 5.45. The van der Waals surface area contributed by atoms with E-state index in [1.807, 2.05) is 0 Å². The predicted octanol–water partition coefficient (Wildman–Crippen LogP) is -0.666. The van der Waals surface area contributed by atoms with Crippen LogP contribution in [0.3, 0.4) is 0 Å². The number of nitrogens with zero attached hydrogens (tertiary/aromatic N) is 2. The number of ether oxygens (including phenoxy) is 1. The molecule has 1 aromatic heterocycles. The van der Waals surface area contributed by atoms with Gasteiger partial charge < -0.3 is 20.7 Å². The van der Waals surface area contributed by atoms with E-state index in [2.05, 4.69) is 4.98 Å². The summed E-state index contributed by atoms with van der Waals surface area (Å²) in [6.07, 6.45) is -3.09. The average Bonchev–Trinajstić information content (AvgIpc) is 3.25. The predicted molar refractivity (Wildman–Crippen MR) is 66.4 cm³/mol. The first-order valence-corrected chi connectivity index (χ1v) is 6.55. The minimum absolute atomic E-state index is 0.192. The first kappa shape index (κ1) is 14.4. The van der Waals surface area contributed by atoms with Gasteiger partial charge in [0, 0.05) is 0 Å². The number of rotatable bonds is 3. The van der Waals surface area contributed by atoms with Crippen LogP contribution in [0.4, 0.5) is 14.6 Å². The molecule has 116 valence electrons. The lowest BCUT2D eigenvalue weighted by atomic mass is 9.91. The summed E-state index contributed by atoms with van der Waals surface area (Å²) in [5, 5.41) is 19.5. The zero-order valence-electron chi connectivity index (χ0n) is 10.9. The van der Waals surface area contributed by atoms with Gasteiger partial charge in [0.2, 0.25) is 0 Å². The summed E-state index contributed by atoms with van der Waals surface area (Å²) >= 11 is 0. The molecule has 4 N–H and O–H groups in total. The van der Waals surface area contributed by atoms with Crippen LogP contribution in [-0.4, -0.2) is 44.2 Å². The molecule has 1 saturated heterocycles. The lowest BCUT2D eigenvalue weighted by Gasteiger charge is -2.29. The van der Waals surface area contributed by atoms with Gasteiger partial charge in [-0.25, -0.2) is 13.6 Å². The molecule has 3 rings (SSSR count). The van der Waals surface area contributed by atoms with E-state index in [1.165, 1.54) is 0 Å². The zero-order valence-corrected chi connectivity index (χ0v) is 10.9. The van der Waals surface area contributed by atoms with E-state index < -0.39 is 48.0 Å². The number of halogens is 2. The van der Waals surface area contributed by atoms with Crippen molar-refractivity contribution < 1.29 is 23.7 Å². The number of aliphatic hydroxyl groups is 2. The monoisotopic (exact) mass is 303 g/mol. The van der Waals surface area contributed by atoms with E-state index in [1.54, 1.807) is 0 Å².